The molecule has 0 fully saturated rings. The van der Waals surface area contributed by atoms with Crippen molar-refractivity contribution in [2.75, 3.05) is 32.2 Å². The molecule has 0 amide bonds. The van der Waals surface area contributed by atoms with E-state index in [4.69, 9.17) is 9.47 Å². The monoisotopic (exact) mass is 566 g/mol. The van der Waals surface area contributed by atoms with E-state index in [1.807, 2.05) is 37.3 Å². The minimum Gasteiger partial charge on any atom is -0.507 e. The highest BCUT2D eigenvalue weighted by Crippen LogP contribution is 2.43. The van der Waals surface area contributed by atoms with Crippen LogP contribution in [0.4, 0.5) is 5.00 Å². The number of phenolic OH excluding ortho intramolecular Hbond substituents is 1. The second kappa shape index (κ2) is 11.5. The van der Waals surface area contributed by atoms with E-state index in [-0.39, 0.29) is 22.4 Å². The SMILES string of the molecule is CCOc1ccc(CNCC2c3sc(Nn4c(=O)c4=O)c(C(=O)O)c3CCN2Cc2ccc(OC)cc2)c(O)c1. The van der Waals surface area contributed by atoms with Crippen molar-refractivity contribution < 1.29 is 24.5 Å². The van der Waals surface area contributed by atoms with Crippen LogP contribution in [-0.2, 0) is 19.5 Å². The van der Waals surface area contributed by atoms with Crippen molar-refractivity contribution in [1.82, 2.24) is 14.9 Å². The number of aromatic carboxylic acids is 1. The van der Waals surface area contributed by atoms with Crippen LogP contribution in [0.2, 0.25) is 0 Å². The molecule has 5 rings (SSSR count). The molecule has 0 saturated carbocycles. The Morgan fingerprint density at radius 3 is 2.48 bits per heavy atom. The van der Waals surface area contributed by atoms with E-state index in [2.05, 4.69) is 15.6 Å². The molecule has 210 valence electrons. The minimum absolute atomic E-state index is 0.0887. The van der Waals surface area contributed by atoms with Crippen LogP contribution in [0.1, 0.15) is 44.9 Å². The van der Waals surface area contributed by atoms with Crippen LogP contribution in [-0.4, -0.2) is 52.6 Å². The molecule has 3 heterocycles. The number of phenols is 1. The van der Waals surface area contributed by atoms with Gasteiger partial charge < -0.3 is 25.0 Å². The highest BCUT2D eigenvalue weighted by molar-refractivity contribution is 7.16. The summed E-state index contributed by atoms with van der Waals surface area (Å²) in [7, 11) is 1.62. The van der Waals surface area contributed by atoms with Gasteiger partial charge >= 0.3 is 17.1 Å². The second-order valence-corrected chi connectivity index (χ2v) is 10.5. The fraction of sp³-hybridized carbons (Fsp3) is 0.321. The average molecular weight is 567 g/mol. The van der Waals surface area contributed by atoms with Crippen LogP contribution in [0.3, 0.4) is 0 Å². The number of benzene rings is 2. The quantitative estimate of drug-likeness (QED) is 0.189. The minimum atomic E-state index is -1.11. The van der Waals surface area contributed by atoms with Gasteiger partial charge in [0.1, 0.15) is 22.2 Å². The number of thiophene rings is 1. The van der Waals surface area contributed by atoms with E-state index in [1.54, 1.807) is 19.2 Å². The number of hydrogen-bond acceptors (Lipinski definition) is 10. The molecule has 4 N–H and O–H groups in total. The summed E-state index contributed by atoms with van der Waals surface area (Å²) < 4.78 is 11.5. The van der Waals surface area contributed by atoms with Gasteiger partial charge in [-0.2, -0.15) is 4.68 Å². The highest BCUT2D eigenvalue weighted by Gasteiger charge is 2.35. The predicted molar refractivity (Wildman–Crippen MR) is 150 cm³/mol. The van der Waals surface area contributed by atoms with Gasteiger partial charge in [0, 0.05) is 42.7 Å². The number of hydrogen-bond donors (Lipinski definition) is 4. The molecule has 1 aliphatic heterocycles. The van der Waals surface area contributed by atoms with Gasteiger partial charge in [0.05, 0.1) is 25.3 Å². The number of rotatable bonds is 12. The third-order valence-electron chi connectivity index (χ3n) is 6.96. The van der Waals surface area contributed by atoms with E-state index in [0.29, 0.717) is 56.1 Å². The average Bonchev–Trinajstić information content (AvgIpc) is 3.32. The van der Waals surface area contributed by atoms with E-state index >= 15 is 0 Å². The Bertz CT molecular complexity index is 1560. The number of anilines is 1. The number of aromatic hydroxyl groups is 1. The summed E-state index contributed by atoms with van der Waals surface area (Å²) >= 11 is 1.24. The summed E-state index contributed by atoms with van der Waals surface area (Å²) in [6.45, 7) is 4.46. The van der Waals surface area contributed by atoms with Crippen molar-refractivity contribution >= 4 is 22.3 Å². The lowest BCUT2D eigenvalue weighted by Crippen LogP contribution is -2.39. The fourth-order valence-corrected chi connectivity index (χ4v) is 6.26. The number of carboxylic acid groups (broad SMARTS) is 1. The molecule has 11 nitrogen and oxygen atoms in total. The Morgan fingerprint density at radius 2 is 1.85 bits per heavy atom. The van der Waals surface area contributed by atoms with E-state index < -0.39 is 17.1 Å². The van der Waals surface area contributed by atoms with Crippen LogP contribution in [0, 0.1) is 0 Å². The number of methoxy groups -OCH3 is 1. The molecule has 0 bridgehead atoms. The van der Waals surface area contributed by atoms with Crippen molar-refractivity contribution in [3.05, 3.63) is 90.3 Å². The number of nitrogens with one attached hydrogen (secondary N) is 2. The summed E-state index contributed by atoms with van der Waals surface area (Å²) in [5.74, 6) is 0.365. The topological polar surface area (TPSA) is 142 Å². The zero-order valence-electron chi connectivity index (χ0n) is 22.1. The molecule has 40 heavy (non-hydrogen) atoms. The van der Waals surface area contributed by atoms with Gasteiger partial charge in [-0.15, -0.1) is 11.3 Å². The smallest absolute Gasteiger partial charge is 0.340 e. The Kier molecular flexibility index (Phi) is 7.92. The van der Waals surface area contributed by atoms with Gasteiger partial charge in [-0.1, -0.05) is 18.2 Å². The number of nitrogens with zero attached hydrogens (tertiary/aromatic N) is 2. The van der Waals surface area contributed by atoms with E-state index in [9.17, 15) is 24.6 Å². The van der Waals surface area contributed by atoms with Crippen molar-refractivity contribution in [1.29, 1.82) is 0 Å². The third kappa shape index (κ3) is 5.60. The molecular formula is C28H30N4O7S. The van der Waals surface area contributed by atoms with Gasteiger partial charge in [-0.05, 0) is 42.7 Å². The summed E-state index contributed by atoms with van der Waals surface area (Å²) in [5, 5.41) is 24.2. The van der Waals surface area contributed by atoms with E-state index in [0.717, 1.165) is 20.9 Å². The summed E-state index contributed by atoms with van der Waals surface area (Å²) in [4.78, 5) is 38.6. The number of fused-ring (bicyclic) bond motifs is 1. The highest BCUT2D eigenvalue weighted by atomic mass is 32.1. The standard InChI is InChI=1S/C28H30N4O7S/c1-3-39-19-9-6-17(22(33)12-19)13-29-14-21-24-20(10-11-31(21)15-16-4-7-18(38-2)8-5-16)23(28(36)37)25(40-24)30-32-26(34)27(32)35/h4-9,12,21,29-30,33H,3,10-11,13-15H2,1-2H3,(H,36,37). The van der Waals surface area contributed by atoms with Crippen LogP contribution in [0.5, 0.6) is 17.2 Å². The third-order valence-corrected chi connectivity index (χ3v) is 8.20. The van der Waals surface area contributed by atoms with Gasteiger partial charge in [0.2, 0.25) is 0 Å². The number of carboxylic acids is 1. The van der Waals surface area contributed by atoms with Crippen molar-refractivity contribution in [3.63, 3.8) is 0 Å². The summed E-state index contributed by atoms with van der Waals surface area (Å²) in [6, 6.07) is 12.8. The molecule has 12 heteroatoms. The van der Waals surface area contributed by atoms with Gasteiger partial charge in [0.25, 0.3) is 0 Å². The molecule has 0 saturated heterocycles. The second-order valence-electron chi connectivity index (χ2n) is 9.45. The number of carbonyl (C=O) groups is 1. The molecule has 1 aliphatic rings. The molecule has 1 atom stereocenters. The Morgan fingerprint density at radius 1 is 1.12 bits per heavy atom. The van der Waals surface area contributed by atoms with Crippen LogP contribution < -0.4 is 31.3 Å². The maximum Gasteiger partial charge on any atom is 0.340 e. The maximum atomic E-state index is 12.3. The zero-order valence-corrected chi connectivity index (χ0v) is 22.9. The lowest BCUT2D eigenvalue weighted by atomic mass is 9.96. The Hall–Kier alpha value is -4.13. The van der Waals surface area contributed by atoms with Crippen molar-refractivity contribution in [2.24, 2.45) is 0 Å². The first-order chi connectivity index (χ1) is 19.3. The Balaban J connectivity index is 1.42. The predicted octanol–water partition coefficient (Wildman–Crippen LogP) is 2.72. The zero-order chi connectivity index (χ0) is 28.4. The molecule has 0 spiro atoms. The van der Waals surface area contributed by atoms with Gasteiger partial charge in [-0.25, -0.2) is 4.79 Å². The maximum absolute atomic E-state index is 12.3. The van der Waals surface area contributed by atoms with Gasteiger partial charge in [-0.3, -0.25) is 19.9 Å². The first-order valence-electron chi connectivity index (χ1n) is 12.9. The summed E-state index contributed by atoms with van der Waals surface area (Å²) in [5.41, 5.74) is 3.88. The molecule has 4 aromatic rings. The van der Waals surface area contributed by atoms with Crippen molar-refractivity contribution in [2.45, 2.75) is 32.5 Å². The molecule has 2 aromatic heterocycles. The lowest BCUT2D eigenvalue weighted by molar-refractivity contribution is 0.0695. The Labute approximate surface area is 233 Å². The fourth-order valence-electron chi connectivity index (χ4n) is 4.89. The number of aromatic nitrogens is 1. The normalized spacial score (nSPS) is 15.2. The van der Waals surface area contributed by atoms with Crippen LogP contribution in [0.15, 0.2) is 52.1 Å². The largest absolute Gasteiger partial charge is 0.507 e. The van der Waals surface area contributed by atoms with E-state index in [1.165, 1.54) is 11.3 Å². The molecule has 1 unspecified atom stereocenters. The van der Waals surface area contributed by atoms with Crippen molar-refractivity contribution in [3.8, 4) is 17.2 Å². The first kappa shape index (κ1) is 27.4. The molecule has 2 aromatic carbocycles. The molecule has 0 aliphatic carbocycles. The van der Waals surface area contributed by atoms with Gasteiger partial charge in [0.15, 0.2) is 0 Å². The first-order valence-corrected chi connectivity index (χ1v) is 13.7. The molecule has 0 radical (unpaired) electrons. The number of ether oxygens (including phenoxy) is 2. The molecular weight excluding hydrogens is 536 g/mol. The lowest BCUT2D eigenvalue weighted by Gasteiger charge is -2.36. The van der Waals surface area contributed by atoms with Crippen LogP contribution >= 0.6 is 11.3 Å². The summed E-state index contributed by atoms with van der Waals surface area (Å²) in [6.07, 6.45) is 0.503. The van der Waals surface area contributed by atoms with Crippen LogP contribution in [0.25, 0.3) is 0 Å².